The minimum Gasteiger partial charge on any atom is -0.508 e. The SMILES string of the molecule is C[C@H](Cc1cn(C(=O)O)c2ccccc12)NC(=O)C=Cc1ccc(O)cc1. The van der Waals surface area contributed by atoms with Crippen molar-refractivity contribution in [2.75, 3.05) is 0 Å². The molecule has 1 aromatic heterocycles. The molecule has 138 valence electrons. The van der Waals surface area contributed by atoms with Crippen LogP contribution in [-0.4, -0.2) is 32.8 Å². The van der Waals surface area contributed by atoms with Crippen LogP contribution < -0.4 is 5.32 Å². The number of rotatable bonds is 5. The Kier molecular flexibility index (Phi) is 5.26. The molecule has 6 heteroatoms. The number of phenolic OH excluding ortho intramolecular Hbond substituents is 1. The van der Waals surface area contributed by atoms with Crippen LogP contribution >= 0.6 is 0 Å². The smallest absolute Gasteiger partial charge is 0.416 e. The maximum absolute atomic E-state index is 12.1. The minimum absolute atomic E-state index is 0.171. The van der Waals surface area contributed by atoms with Gasteiger partial charge in [-0.15, -0.1) is 0 Å². The van der Waals surface area contributed by atoms with Crippen LogP contribution in [0.15, 0.2) is 60.8 Å². The number of nitrogens with zero attached hydrogens (tertiary/aromatic N) is 1. The van der Waals surface area contributed by atoms with Crippen LogP contribution in [0.1, 0.15) is 18.1 Å². The molecule has 3 N–H and O–H groups in total. The molecule has 1 heterocycles. The number of carbonyl (C=O) groups is 2. The number of carboxylic acid groups (broad SMARTS) is 1. The lowest BCUT2D eigenvalue weighted by Crippen LogP contribution is -2.32. The van der Waals surface area contributed by atoms with Gasteiger partial charge in [-0.25, -0.2) is 4.79 Å². The predicted molar refractivity (Wildman–Crippen MR) is 104 cm³/mol. The minimum atomic E-state index is -1.04. The van der Waals surface area contributed by atoms with Gasteiger partial charge >= 0.3 is 6.09 Å². The summed E-state index contributed by atoms with van der Waals surface area (Å²) in [5, 5.41) is 22.3. The van der Waals surface area contributed by atoms with Gasteiger partial charge < -0.3 is 15.5 Å². The summed E-state index contributed by atoms with van der Waals surface area (Å²) in [5.41, 5.74) is 2.30. The molecule has 0 aliphatic heterocycles. The maximum Gasteiger partial charge on any atom is 0.416 e. The molecule has 0 bridgehead atoms. The van der Waals surface area contributed by atoms with Crippen molar-refractivity contribution < 1.29 is 19.8 Å². The quantitative estimate of drug-likeness (QED) is 0.603. The van der Waals surface area contributed by atoms with E-state index in [1.165, 1.54) is 10.6 Å². The van der Waals surface area contributed by atoms with E-state index >= 15 is 0 Å². The summed E-state index contributed by atoms with van der Waals surface area (Å²) in [6.45, 7) is 1.87. The number of para-hydroxylation sites is 1. The second-order valence-electron chi connectivity index (χ2n) is 6.36. The summed E-state index contributed by atoms with van der Waals surface area (Å²) in [4.78, 5) is 23.5. The van der Waals surface area contributed by atoms with Crippen molar-refractivity contribution >= 4 is 29.0 Å². The van der Waals surface area contributed by atoms with E-state index in [4.69, 9.17) is 0 Å². The monoisotopic (exact) mass is 364 g/mol. The first kappa shape index (κ1) is 18.3. The van der Waals surface area contributed by atoms with Crippen LogP contribution in [0.2, 0.25) is 0 Å². The van der Waals surface area contributed by atoms with Crippen LogP contribution in [0.5, 0.6) is 5.75 Å². The lowest BCUT2D eigenvalue weighted by molar-refractivity contribution is -0.117. The number of aromatic nitrogens is 1. The Morgan fingerprint density at radius 2 is 1.85 bits per heavy atom. The van der Waals surface area contributed by atoms with Gasteiger partial charge in [-0.2, -0.15) is 0 Å². The Hall–Kier alpha value is -3.54. The van der Waals surface area contributed by atoms with Gasteiger partial charge in [0, 0.05) is 23.7 Å². The molecule has 0 fully saturated rings. The van der Waals surface area contributed by atoms with Gasteiger partial charge in [0.05, 0.1) is 5.52 Å². The number of carbonyl (C=O) groups excluding carboxylic acids is 1. The Morgan fingerprint density at radius 3 is 2.56 bits per heavy atom. The van der Waals surface area contributed by atoms with Gasteiger partial charge in [0.2, 0.25) is 5.91 Å². The molecule has 6 nitrogen and oxygen atoms in total. The van der Waals surface area contributed by atoms with Crippen molar-refractivity contribution in [3.05, 3.63) is 71.9 Å². The summed E-state index contributed by atoms with van der Waals surface area (Å²) in [6, 6.07) is 13.7. The number of hydrogen-bond acceptors (Lipinski definition) is 3. The average molecular weight is 364 g/mol. The van der Waals surface area contributed by atoms with Gasteiger partial charge in [0.1, 0.15) is 5.75 Å². The maximum atomic E-state index is 12.1. The lowest BCUT2D eigenvalue weighted by atomic mass is 10.1. The first-order chi connectivity index (χ1) is 12.9. The molecular formula is C21H20N2O4. The van der Waals surface area contributed by atoms with E-state index in [0.29, 0.717) is 11.9 Å². The molecule has 0 saturated heterocycles. The van der Waals surface area contributed by atoms with Gasteiger partial charge in [-0.1, -0.05) is 30.3 Å². The standard InChI is InChI=1S/C21H20N2O4/c1-14(22-20(25)11-8-15-6-9-17(24)10-7-15)12-16-13-23(21(26)27)19-5-3-2-4-18(16)19/h2-11,13-14,24H,12H2,1H3,(H,22,25)(H,26,27)/t14-/m1/s1. The number of amides is 1. The normalized spacial score (nSPS) is 12.3. The third-order valence-corrected chi connectivity index (χ3v) is 4.24. The third kappa shape index (κ3) is 4.36. The number of aromatic hydroxyl groups is 1. The number of hydrogen-bond donors (Lipinski definition) is 3. The molecule has 0 radical (unpaired) electrons. The predicted octanol–water partition coefficient (Wildman–Crippen LogP) is 3.63. The van der Waals surface area contributed by atoms with Crippen LogP contribution in [0.3, 0.4) is 0 Å². The molecule has 0 spiro atoms. The molecule has 3 rings (SSSR count). The molecule has 27 heavy (non-hydrogen) atoms. The van der Waals surface area contributed by atoms with Crippen molar-refractivity contribution in [1.82, 2.24) is 9.88 Å². The van der Waals surface area contributed by atoms with E-state index in [0.717, 1.165) is 16.5 Å². The van der Waals surface area contributed by atoms with Gasteiger partial charge in [-0.3, -0.25) is 9.36 Å². The lowest BCUT2D eigenvalue weighted by Gasteiger charge is -2.11. The molecule has 1 amide bonds. The highest BCUT2D eigenvalue weighted by molar-refractivity contribution is 5.93. The fourth-order valence-corrected chi connectivity index (χ4v) is 3.00. The zero-order valence-electron chi connectivity index (χ0n) is 14.8. The Morgan fingerprint density at radius 1 is 1.15 bits per heavy atom. The van der Waals surface area contributed by atoms with Crippen molar-refractivity contribution in [2.24, 2.45) is 0 Å². The topological polar surface area (TPSA) is 91.6 Å². The molecule has 0 unspecified atom stereocenters. The second-order valence-corrected chi connectivity index (χ2v) is 6.36. The van der Waals surface area contributed by atoms with Crippen LogP contribution in [0, 0.1) is 0 Å². The van der Waals surface area contributed by atoms with E-state index < -0.39 is 6.09 Å². The Labute approximate surface area is 156 Å². The van der Waals surface area contributed by atoms with Crippen molar-refractivity contribution in [3.8, 4) is 5.75 Å². The first-order valence-electron chi connectivity index (χ1n) is 8.54. The number of fused-ring (bicyclic) bond motifs is 1. The Bertz CT molecular complexity index is 1000. The second kappa shape index (κ2) is 7.78. The van der Waals surface area contributed by atoms with Gasteiger partial charge in [-0.05, 0) is 48.7 Å². The zero-order chi connectivity index (χ0) is 19.4. The highest BCUT2D eigenvalue weighted by atomic mass is 16.4. The number of phenols is 1. The van der Waals surface area contributed by atoms with E-state index in [2.05, 4.69) is 5.32 Å². The summed E-state index contributed by atoms with van der Waals surface area (Å²) < 4.78 is 1.20. The molecular weight excluding hydrogens is 344 g/mol. The highest BCUT2D eigenvalue weighted by Gasteiger charge is 2.15. The summed E-state index contributed by atoms with van der Waals surface area (Å²) >= 11 is 0. The van der Waals surface area contributed by atoms with Crippen molar-refractivity contribution in [1.29, 1.82) is 0 Å². The molecule has 1 atom stereocenters. The summed E-state index contributed by atoms with van der Waals surface area (Å²) in [6.07, 6.45) is 4.17. The van der Waals surface area contributed by atoms with Crippen LogP contribution in [0.25, 0.3) is 17.0 Å². The fourth-order valence-electron chi connectivity index (χ4n) is 3.00. The van der Waals surface area contributed by atoms with E-state index in [-0.39, 0.29) is 17.7 Å². The first-order valence-corrected chi connectivity index (χ1v) is 8.54. The third-order valence-electron chi connectivity index (χ3n) is 4.24. The van der Waals surface area contributed by atoms with Crippen molar-refractivity contribution in [2.45, 2.75) is 19.4 Å². The molecule has 0 aliphatic carbocycles. The van der Waals surface area contributed by atoms with Gasteiger partial charge in [0.15, 0.2) is 0 Å². The van der Waals surface area contributed by atoms with E-state index in [9.17, 15) is 19.8 Å². The molecule has 0 saturated carbocycles. The van der Waals surface area contributed by atoms with E-state index in [1.807, 2.05) is 19.1 Å². The number of nitrogens with one attached hydrogen (secondary N) is 1. The van der Waals surface area contributed by atoms with Crippen molar-refractivity contribution in [3.63, 3.8) is 0 Å². The average Bonchev–Trinajstić information content (AvgIpc) is 3.00. The van der Waals surface area contributed by atoms with E-state index in [1.54, 1.807) is 48.7 Å². The van der Waals surface area contributed by atoms with Crippen LogP contribution in [0.4, 0.5) is 4.79 Å². The molecule has 2 aromatic carbocycles. The number of benzene rings is 2. The van der Waals surface area contributed by atoms with Gasteiger partial charge in [0.25, 0.3) is 0 Å². The largest absolute Gasteiger partial charge is 0.508 e. The summed E-state index contributed by atoms with van der Waals surface area (Å²) in [7, 11) is 0. The molecule has 3 aromatic rings. The van der Waals surface area contributed by atoms with Crippen LogP contribution in [-0.2, 0) is 11.2 Å². The highest BCUT2D eigenvalue weighted by Crippen LogP contribution is 2.22. The summed E-state index contributed by atoms with van der Waals surface area (Å²) in [5.74, 6) is -0.0664. The Balaban J connectivity index is 1.68. The molecule has 0 aliphatic rings. The fraction of sp³-hybridized carbons (Fsp3) is 0.143. The zero-order valence-corrected chi connectivity index (χ0v) is 14.8.